The standard InChI is InChI=1S/C19H18ClN3O3/c1-13-6-7-17-21-11-16(19(25)23(17)12-13)18(24)22(2)8-9-26-15-5-3-4-14(20)10-15/h3-7,10-12H,8-9H2,1-2H3. The Morgan fingerprint density at radius 1 is 1.31 bits per heavy atom. The first-order chi connectivity index (χ1) is 12.5. The molecule has 0 aliphatic rings. The molecule has 6 nitrogen and oxygen atoms in total. The zero-order chi connectivity index (χ0) is 18.7. The highest BCUT2D eigenvalue weighted by atomic mass is 35.5. The maximum Gasteiger partial charge on any atom is 0.270 e. The number of carbonyl (C=O) groups excluding carboxylic acids is 1. The first-order valence-corrected chi connectivity index (χ1v) is 8.45. The molecule has 0 aliphatic heterocycles. The molecule has 26 heavy (non-hydrogen) atoms. The second kappa shape index (κ2) is 7.58. The molecule has 0 aliphatic carbocycles. The zero-order valence-corrected chi connectivity index (χ0v) is 15.2. The summed E-state index contributed by atoms with van der Waals surface area (Å²) in [5.74, 6) is 0.231. The van der Waals surface area contributed by atoms with E-state index >= 15 is 0 Å². The van der Waals surface area contributed by atoms with Gasteiger partial charge in [0.25, 0.3) is 11.5 Å². The van der Waals surface area contributed by atoms with E-state index in [2.05, 4.69) is 4.98 Å². The molecule has 2 aromatic heterocycles. The molecule has 0 fully saturated rings. The van der Waals surface area contributed by atoms with Gasteiger partial charge < -0.3 is 9.64 Å². The number of pyridine rings is 1. The van der Waals surface area contributed by atoms with E-state index in [4.69, 9.17) is 16.3 Å². The molecular weight excluding hydrogens is 354 g/mol. The first-order valence-electron chi connectivity index (χ1n) is 8.07. The molecular formula is C19H18ClN3O3. The van der Waals surface area contributed by atoms with Gasteiger partial charge in [0, 0.05) is 24.5 Å². The van der Waals surface area contributed by atoms with E-state index in [1.807, 2.05) is 13.0 Å². The third-order valence-corrected chi connectivity index (χ3v) is 4.15. The van der Waals surface area contributed by atoms with E-state index in [1.54, 1.807) is 43.6 Å². The maximum atomic E-state index is 12.6. The molecule has 2 heterocycles. The molecule has 3 rings (SSSR count). The Bertz CT molecular complexity index is 1020. The number of fused-ring (bicyclic) bond motifs is 1. The van der Waals surface area contributed by atoms with Gasteiger partial charge in [-0.15, -0.1) is 0 Å². The molecule has 1 aromatic carbocycles. The lowest BCUT2D eigenvalue weighted by atomic mass is 10.2. The third kappa shape index (κ3) is 3.86. The summed E-state index contributed by atoms with van der Waals surface area (Å²) in [4.78, 5) is 30.8. The topological polar surface area (TPSA) is 63.9 Å². The van der Waals surface area contributed by atoms with E-state index in [0.29, 0.717) is 23.0 Å². The molecule has 0 N–H and O–H groups in total. The van der Waals surface area contributed by atoms with E-state index < -0.39 is 5.91 Å². The predicted octanol–water partition coefficient (Wildman–Crippen LogP) is 2.81. The summed E-state index contributed by atoms with van der Waals surface area (Å²) < 4.78 is 6.97. The Labute approximate surface area is 155 Å². The minimum atomic E-state index is -0.395. The van der Waals surface area contributed by atoms with Crippen molar-refractivity contribution >= 4 is 23.2 Å². The summed E-state index contributed by atoms with van der Waals surface area (Å²) in [5.41, 5.74) is 1.06. The van der Waals surface area contributed by atoms with Crippen LogP contribution in [0.2, 0.25) is 5.02 Å². The average molecular weight is 372 g/mol. The molecule has 1 amide bonds. The van der Waals surface area contributed by atoms with Crippen LogP contribution in [0.5, 0.6) is 5.75 Å². The van der Waals surface area contributed by atoms with Crippen molar-refractivity contribution in [3.8, 4) is 5.75 Å². The summed E-state index contributed by atoms with van der Waals surface area (Å²) in [7, 11) is 1.62. The van der Waals surface area contributed by atoms with Crippen molar-refractivity contribution in [1.29, 1.82) is 0 Å². The fourth-order valence-electron chi connectivity index (χ4n) is 2.49. The largest absolute Gasteiger partial charge is 0.492 e. The Morgan fingerprint density at radius 3 is 2.88 bits per heavy atom. The number of aryl methyl sites for hydroxylation is 1. The van der Waals surface area contributed by atoms with Crippen LogP contribution in [-0.4, -0.2) is 40.4 Å². The van der Waals surface area contributed by atoms with Gasteiger partial charge in [0.15, 0.2) is 0 Å². The van der Waals surface area contributed by atoms with Crippen molar-refractivity contribution in [2.24, 2.45) is 0 Å². The van der Waals surface area contributed by atoms with E-state index in [-0.39, 0.29) is 17.7 Å². The maximum absolute atomic E-state index is 12.6. The van der Waals surface area contributed by atoms with Gasteiger partial charge in [-0.2, -0.15) is 0 Å². The number of benzene rings is 1. The monoisotopic (exact) mass is 371 g/mol. The predicted molar refractivity (Wildman–Crippen MR) is 100 cm³/mol. The number of hydrogen-bond donors (Lipinski definition) is 0. The van der Waals surface area contributed by atoms with Gasteiger partial charge in [-0.25, -0.2) is 4.98 Å². The fourth-order valence-corrected chi connectivity index (χ4v) is 2.67. The van der Waals surface area contributed by atoms with E-state index in [1.165, 1.54) is 15.5 Å². The lowest BCUT2D eigenvalue weighted by Crippen LogP contribution is -2.35. The van der Waals surface area contributed by atoms with Gasteiger partial charge >= 0.3 is 0 Å². The van der Waals surface area contributed by atoms with Crippen LogP contribution in [0.25, 0.3) is 5.65 Å². The van der Waals surface area contributed by atoms with Crippen LogP contribution >= 0.6 is 11.6 Å². The number of carbonyl (C=O) groups is 1. The number of halogens is 1. The number of amides is 1. The van der Waals surface area contributed by atoms with Crippen LogP contribution in [-0.2, 0) is 0 Å². The molecule has 0 radical (unpaired) electrons. The minimum Gasteiger partial charge on any atom is -0.492 e. The smallest absolute Gasteiger partial charge is 0.270 e. The van der Waals surface area contributed by atoms with Crippen LogP contribution in [0.4, 0.5) is 0 Å². The summed E-state index contributed by atoms with van der Waals surface area (Å²) in [6, 6.07) is 10.6. The van der Waals surface area contributed by atoms with Crippen molar-refractivity contribution in [1.82, 2.24) is 14.3 Å². The first kappa shape index (κ1) is 17.9. The van der Waals surface area contributed by atoms with Crippen LogP contribution < -0.4 is 10.3 Å². The number of likely N-dealkylation sites (N-methyl/N-ethyl adjacent to an activating group) is 1. The molecule has 134 valence electrons. The minimum absolute atomic E-state index is 0.0263. The van der Waals surface area contributed by atoms with Crippen molar-refractivity contribution in [2.45, 2.75) is 6.92 Å². The van der Waals surface area contributed by atoms with Crippen molar-refractivity contribution < 1.29 is 9.53 Å². The lowest BCUT2D eigenvalue weighted by Gasteiger charge is -2.17. The number of ether oxygens (including phenoxy) is 1. The summed E-state index contributed by atoms with van der Waals surface area (Å²) in [6.07, 6.45) is 2.99. The van der Waals surface area contributed by atoms with Gasteiger partial charge in [0.05, 0.1) is 6.54 Å². The summed E-state index contributed by atoms with van der Waals surface area (Å²) in [5, 5.41) is 0.581. The Balaban J connectivity index is 1.71. The molecule has 0 bridgehead atoms. The van der Waals surface area contributed by atoms with Gasteiger partial charge in [-0.05, 0) is 36.8 Å². The highest BCUT2D eigenvalue weighted by Gasteiger charge is 2.17. The Morgan fingerprint density at radius 2 is 2.12 bits per heavy atom. The molecule has 0 atom stereocenters. The number of hydrogen-bond acceptors (Lipinski definition) is 4. The number of nitrogens with zero attached hydrogens (tertiary/aromatic N) is 3. The third-order valence-electron chi connectivity index (χ3n) is 3.92. The zero-order valence-electron chi connectivity index (χ0n) is 14.5. The molecule has 3 aromatic rings. The van der Waals surface area contributed by atoms with E-state index in [0.717, 1.165) is 5.56 Å². The van der Waals surface area contributed by atoms with Crippen molar-refractivity contribution in [3.63, 3.8) is 0 Å². The quantitative estimate of drug-likeness (QED) is 0.691. The SMILES string of the molecule is Cc1ccc2ncc(C(=O)N(C)CCOc3cccc(Cl)c3)c(=O)n2c1. The molecule has 0 unspecified atom stereocenters. The van der Waals surface area contributed by atoms with Gasteiger partial charge in [0.1, 0.15) is 23.6 Å². The normalized spacial score (nSPS) is 10.7. The Hall–Kier alpha value is -2.86. The highest BCUT2D eigenvalue weighted by Crippen LogP contribution is 2.16. The van der Waals surface area contributed by atoms with Crippen molar-refractivity contribution in [3.05, 3.63) is 75.3 Å². The average Bonchev–Trinajstić information content (AvgIpc) is 2.62. The van der Waals surface area contributed by atoms with Gasteiger partial charge in [-0.3, -0.25) is 14.0 Å². The van der Waals surface area contributed by atoms with Gasteiger partial charge in [-0.1, -0.05) is 23.7 Å². The second-order valence-corrected chi connectivity index (χ2v) is 6.38. The summed E-state index contributed by atoms with van der Waals surface area (Å²) in [6.45, 7) is 2.48. The number of rotatable bonds is 5. The van der Waals surface area contributed by atoms with Gasteiger partial charge in [0.2, 0.25) is 0 Å². The molecule has 7 heteroatoms. The molecule has 0 saturated carbocycles. The number of aromatic nitrogens is 2. The van der Waals surface area contributed by atoms with E-state index in [9.17, 15) is 9.59 Å². The fraction of sp³-hybridized carbons (Fsp3) is 0.211. The van der Waals surface area contributed by atoms with Crippen molar-refractivity contribution in [2.75, 3.05) is 20.2 Å². The van der Waals surface area contributed by atoms with Crippen LogP contribution in [0.1, 0.15) is 15.9 Å². The Kier molecular flexibility index (Phi) is 5.23. The lowest BCUT2D eigenvalue weighted by molar-refractivity contribution is 0.0771. The van der Waals surface area contributed by atoms with Crippen LogP contribution in [0.15, 0.2) is 53.6 Å². The van der Waals surface area contributed by atoms with Crippen LogP contribution in [0.3, 0.4) is 0 Å². The molecule has 0 spiro atoms. The highest BCUT2D eigenvalue weighted by molar-refractivity contribution is 6.30. The molecule has 0 saturated heterocycles. The van der Waals surface area contributed by atoms with Crippen LogP contribution in [0, 0.1) is 6.92 Å². The second-order valence-electron chi connectivity index (χ2n) is 5.94. The summed E-state index contributed by atoms with van der Waals surface area (Å²) >= 11 is 5.90.